The van der Waals surface area contributed by atoms with Crippen LogP contribution in [-0.2, 0) is 4.79 Å². The van der Waals surface area contributed by atoms with Crippen LogP contribution >= 0.6 is 11.8 Å². The van der Waals surface area contributed by atoms with Crippen LogP contribution in [0.1, 0.15) is 40.0 Å². The van der Waals surface area contributed by atoms with E-state index >= 15 is 0 Å². The Labute approximate surface area is 73.9 Å². The van der Waals surface area contributed by atoms with Crippen molar-refractivity contribution in [3.63, 3.8) is 0 Å². The Kier molecular flexibility index (Phi) is 6.73. The van der Waals surface area contributed by atoms with Gasteiger partial charge in [0.1, 0.15) is 5.78 Å². The van der Waals surface area contributed by atoms with Crippen molar-refractivity contribution in [2.45, 2.75) is 45.3 Å². The monoisotopic (exact) mass is 174 g/mol. The smallest absolute Gasteiger partial charge is 0.129 e. The molecule has 0 amide bonds. The minimum Gasteiger partial charge on any atom is -0.300 e. The predicted molar refractivity (Wildman–Crippen MR) is 52.1 cm³/mol. The van der Waals surface area contributed by atoms with E-state index < -0.39 is 0 Å². The van der Waals surface area contributed by atoms with Gasteiger partial charge in [0, 0.05) is 6.42 Å². The lowest BCUT2D eigenvalue weighted by molar-refractivity contribution is -0.117. The molecular weight excluding hydrogens is 156 g/mol. The van der Waals surface area contributed by atoms with Crippen molar-refractivity contribution < 1.29 is 4.79 Å². The normalized spacial score (nSPS) is 10.5. The summed E-state index contributed by atoms with van der Waals surface area (Å²) < 4.78 is 0. The van der Waals surface area contributed by atoms with Crippen molar-refractivity contribution >= 4 is 17.5 Å². The van der Waals surface area contributed by atoms with Crippen molar-refractivity contribution in [2.24, 2.45) is 0 Å². The summed E-state index contributed by atoms with van der Waals surface area (Å²) in [5.41, 5.74) is 0. The highest BCUT2D eigenvalue weighted by atomic mass is 32.2. The summed E-state index contributed by atoms with van der Waals surface area (Å²) in [6.07, 6.45) is 3.01. The largest absolute Gasteiger partial charge is 0.300 e. The third-order valence-corrected chi connectivity index (χ3v) is 2.57. The maximum Gasteiger partial charge on any atom is 0.129 e. The Morgan fingerprint density at radius 3 is 2.45 bits per heavy atom. The summed E-state index contributed by atoms with van der Waals surface area (Å²) in [4.78, 5) is 10.5. The molecule has 0 saturated carbocycles. The molecule has 0 aliphatic carbocycles. The van der Waals surface area contributed by atoms with Crippen LogP contribution in [0.5, 0.6) is 0 Å². The Hall–Kier alpha value is 0.0200. The molecule has 0 N–H and O–H groups in total. The van der Waals surface area contributed by atoms with Gasteiger partial charge in [-0.05, 0) is 30.8 Å². The predicted octanol–water partition coefficient (Wildman–Crippen LogP) is 2.89. The quantitative estimate of drug-likeness (QED) is 0.576. The highest BCUT2D eigenvalue weighted by molar-refractivity contribution is 7.99. The molecule has 0 bridgehead atoms. The van der Waals surface area contributed by atoms with Crippen LogP contribution in [0.2, 0.25) is 0 Å². The molecule has 0 aliphatic heterocycles. The summed E-state index contributed by atoms with van der Waals surface area (Å²) in [5, 5.41) is 0.729. The lowest BCUT2D eigenvalue weighted by Crippen LogP contribution is -1.93. The fourth-order valence-corrected chi connectivity index (χ4v) is 1.64. The topological polar surface area (TPSA) is 17.1 Å². The number of rotatable bonds is 6. The standard InChI is InChI=1S/C9H18OS/c1-8(2)11-7-5-4-6-9(3)10/h8H,4-7H2,1-3H3. The molecule has 0 radical (unpaired) electrons. The molecule has 0 saturated heterocycles. The lowest BCUT2D eigenvalue weighted by atomic mass is 10.2. The number of hydrogen-bond donors (Lipinski definition) is 0. The fraction of sp³-hybridized carbons (Fsp3) is 0.889. The second-order valence-electron chi connectivity index (χ2n) is 3.08. The molecule has 0 spiro atoms. The molecule has 0 aliphatic rings. The molecule has 0 unspecified atom stereocenters. The van der Waals surface area contributed by atoms with Gasteiger partial charge in [-0.2, -0.15) is 11.8 Å². The van der Waals surface area contributed by atoms with E-state index in [0.29, 0.717) is 5.78 Å². The Balaban J connectivity index is 2.97. The third-order valence-electron chi connectivity index (χ3n) is 1.37. The van der Waals surface area contributed by atoms with Gasteiger partial charge in [0.15, 0.2) is 0 Å². The molecule has 0 aromatic heterocycles. The van der Waals surface area contributed by atoms with Gasteiger partial charge in [0.05, 0.1) is 0 Å². The highest BCUT2D eigenvalue weighted by Crippen LogP contribution is 2.12. The maximum atomic E-state index is 10.5. The Morgan fingerprint density at radius 2 is 2.00 bits per heavy atom. The van der Waals surface area contributed by atoms with Gasteiger partial charge in [-0.15, -0.1) is 0 Å². The van der Waals surface area contributed by atoms with Crippen molar-refractivity contribution in [3.05, 3.63) is 0 Å². The van der Waals surface area contributed by atoms with Crippen LogP contribution in [0.4, 0.5) is 0 Å². The van der Waals surface area contributed by atoms with Gasteiger partial charge in [-0.3, -0.25) is 0 Å². The zero-order valence-corrected chi connectivity index (χ0v) is 8.54. The van der Waals surface area contributed by atoms with E-state index in [4.69, 9.17) is 0 Å². The fourth-order valence-electron chi connectivity index (χ4n) is 0.795. The minimum atomic E-state index is 0.319. The molecule has 0 aromatic carbocycles. The SMILES string of the molecule is CC(=O)CCCCSC(C)C. The van der Waals surface area contributed by atoms with E-state index in [0.717, 1.165) is 18.1 Å². The first kappa shape index (κ1) is 11.0. The van der Waals surface area contributed by atoms with Crippen LogP contribution < -0.4 is 0 Å². The van der Waals surface area contributed by atoms with Gasteiger partial charge in [0.25, 0.3) is 0 Å². The third kappa shape index (κ3) is 10.0. The molecule has 0 aromatic rings. The minimum absolute atomic E-state index is 0.319. The van der Waals surface area contributed by atoms with Gasteiger partial charge in [0.2, 0.25) is 0 Å². The number of carbonyl (C=O) groups excluding carboxylic acids is 1. The van der Waals surface area contributed by atoms with Crippen LogP contribution in [0.15, 0.2) is 0 Å². The first-order valence-corrected chi connectivity index (χ1v) is 5.29. The molecule has 0 rings (SSSR count). The van der Waals surface area contributed by atoms with Crippen LogP contribution in [0.25, 0.3) is 0 Å². The molecule has 0 heterocycles. The van der Waals surface area contributed by atoms with Crippen LogP contribution in [-0.4, -0.2) is 16.8 Å². The number of Topliss-reactive ketones (excluding diaryl/α,β-unsaturated/α-hetero) is 1. The van der Waals surface area contributed by atoms with Gasteiger partial charge in [-0.1, -0.05) is 13.8 Å². The van der Waals surface area contributed by atoms with Crippen molar-refractivity contribution in [2.75, 3.05) is 5.75 Å². The summed E-state index contributed by atoms with van der Waals surface area (Å²) in [6, 6.07) is 0. The first-order valence-electron chi connectivity index (χ1n) is 4.24. The van der Waals surface area contributed by atoms with E-state index in [9.17, 15) is 4.79 Å². The number of carbonyl (C=O) groups is 1. The van der Waals surface area contributed by atoms with Gasteiger partial charge in [-0.25, -0.2) is 0 Å². The van der Waals surface area contributed by atoms with E-state index in [-0.39, 0.29) is 0 Å². The zero-order chi connectivity index (χ0) is 8.69. The second-order valence-corrected chi connectivity index (χ2v) is 4.76. The van der Waals surface area contributed by atoms with Gasteiger partial charge < -0.3 is 4.79 Å². The van der Waals surface area contributed by atoms with Crippen LogP contribution in [0, 0.1) is 0 Å². The zero-order valence-electron chi connectivity index (χ0n) is 7.72. The highest BCUT2D eigenvalue weighted by Gasteiger charge is 1.95. The molecule has 66 valence electrons. The van der Waals surface area contributed by atoms with E-state index in [1.807, 2.05) is 11.8 Å². The Morgan fingerprint density at radius 1 is 1.36 bits per heavy atom. The van der Waals surface area contributed by atoms with Crippen molar-refractivity contribution in [3.8, 4) is 0 Å². The Bertz CT molecular complexity index is 110. The molecule has 2 heteroatoms. The molecule has 0 atom stereocenters. The molecule has 11 heavy (non-hydrogen) atoms. The summed E-state index contributed by atoms with van der Waals surface area (Å²) in [7, 11) is 0. The van der Waals surface area contributed by atoms with Crippen molar-refractivity contribution in [1.82, 2.24) is 0 Å². The molecule has 0 fully saturated rings. The van der Waals surface area contributed by atoms with Gasteiger partial charge >= 0.3 is 0 Å². The average Bonchev–Trinajstić information content (AvgIpc) is 1.85. The summed E-state index contributed by atoms with van der Waals surface area (Å²) >= 11 is 1.97. The van der Waals surface area contributed by atoms with Crippen LogP contribution in [0.3, 0.4) is 0 Å². The first-order chi connectivity index (χ1) is 5.13. The number of thioether (sulfide) groups is 1. The van der Waals surface area contributed by atoms with Crippen molar-refractivity contribution in [1.29, 1.82) is 0 Å². The second kappa shape index (κ2) is 6.71. The van der Waals surface area contributed by atoms with E-state index in [1.165, 1.54) is 12.2 Å². The number of unbranched alkanes of at least 4 members (excludes halogenated alkanes) is 1. The summed E-state index contributed by atoms with van der Waals surface area (Å²) in [5.74, 6) is 1.52. The maximum absolute atomic E-state index is 10.5. The molecular formula is C9H18OS. The number of hydrogen-bond acceptors (Lipinski definition) is 2. The van der Waals surface area contributed by atoms with E-state index in [2.05, 4.69) is 13.8 Å². The number of ketones is 1. The van der Waals surface area contributed by atoms with E-state index in [1.54, 1.807) is 6.92 Å². The molecule has 1 nitrogen and oxygen atoms in total. The summed E-state index contributed by atoms with van der Waals surface area (Å²) in [6.45, 7) is 6.07. The average molecular weight is 174 g/mol. The lowest BCUT2D eigenvalue weighted by Gasteiger charge is -2.02.